The van der Waals surface area contributed by atoms with E-state index in [2.05, 4.69) is 50.5 Å². The quantitative estimate of drug-likeness (QED) is 0.429. The number of thiol groups is 4. The van der Waals surface area contributed by atoms with Gasteiger partial charge in [-0.05, 0) is 36.7 Å². The largest absolute Gasteiger partial charge is 0.396 e. The number of aliphatic hydroxyl groups excluding tert-OH is 1. The van der Waals surface area contributed by atoms with Gasteiger partial charge in [-0.3, -0.25) is 0 Å². The molecule has 0 saturated heterocycles. The molecule has 0 heterocycles. The first-order chi connectivity index (χ1) is 6.65. The van der Waals surface area contributed by atoms with Crippen LogP contribution in [0.1, 0.15) is 19.3 Å². The summed E-state index contributed by atoms with van der Waals surface area (Å²) in [5.41, 5.74) is 0. The number of hydrogen-bond donors (Lipinski definition) is 5. The Morgan fingerprint density at radius 3 is 2.14 bits per heavy atom. The van der Waals surface area contributed by atoms with Crippen molar-refractivity contribution in [2.75, 3.05) is 18.1 Å². The van der Waals surface area contributed by atoms with Crippen molar-refractivity contribution in [3.63, 3.8) is 0 Å². The third-order valence-corrected chi connectivity index (χ3v) is 4.12. The van der Waals surface area contributed by atoms with E-state index in [1.54, 1.807) is 0 Å². The van der Waals surface area contributed by atoms with Crippen molar-refractivity contribution in [1.82, 2.24) is 0 Å². The van der Waals surface area contributed by atoms with E-state index in [1.165, 1.54) is 0 Å². The monoisotopic (exact) mass is 272 g/mol. The number of aliphatic hydroxyl groups is 1. The normalized spacial score (nSPS) is 17.8. The zero-order valence-corrected chi connectivity index (χ0v) is 11.8. The standard InChI is InChI=1S/C9H20OS4/c10-3-1-9(14)7(6-12)5-8(13)2-4-11/h7-14H,1-6H2. The first-order valence-corrected chi connectivity index (χ1v) is 7.14. The maximum absolute atomic E-state index is 8.81. The fraction of sp³-hybridized carbons (Fsp3) is 1.00. The van der Waals surface area contributed by atoms with E-state index >= 15 is 0 Å². The third-order valence-electron chi connectivity index (χ3n) is 2.24. The van der Waals surface area contributed by atoms with Gasteiger partial charge >= 0.3 is 0 Å². The molecule has 0 rings (SSSR count). The van der Waals surface area contributed by atoms with Crippen LogP contribution in [0, 0.1) is 5.92 Å². The van der Waals surface area contributed by atoms with Crippen molar-refractivity contribution < 1.29 is 5.11 Å². The Labute approximate surface area is 109 Å². The van der Waals surface area contributed by atoms with Gasteiger partial charge in [-0.1, -0.05) is 0 Å². The highest BCUT2D eigenvalue weighted by Gasteiger charge is 2.19. The van der Waals surface area contributed by atoms with Crippen LogP contribution in [0.25, 0.3) is 0 Å². The molecule has 0 aliphatic rings. The molecule has 0 spiro atoms. The van der Waals surface area contributed by atoms with Crippen molar-refractivity contribution in [1.29, 1.82) is 0 Å². The molecule has 0 aliphatic carbocycles. The van der Waals surface area contributed by atoms with Crippen LogP contribution in [0.5, 0.6) is 0 Å². The van der Waals surface area contributed by atoms with E-state index in [9.17, 15) is 0 Å². The molecule has 86 valence electrons. The van der Waals surface area contributed by atoms with Crippen LogP contribution in [0.2, 0.25) is 0 Å². The molecular weight excluding hydrogens is 252 g/mol. The molecule has 0 aromatic rings. The maximum Gasteiger partial charge on any atom is 0.0441 e. The summed E-state index contributed by atoms with van der Waals surface area (Å²) in [5, 5.41) is 9.42. The van der Waals surface area contributed by atoms with E-state index in [4.69, 9.17) is 5.11 Å². The Balaban J connectivity index is 3.87. The fourth-order valence-corrected chi connectivity index (χ4v) is 3.17. The fourth-order valence-electron chi connectivity index (χ4n) is 1.34. The van der Waals surface area contributed by atoms with Crippen LogP contribution in [0.4, 0.5) is 0 Å². The molecule has 0 amide bonds. The maximum atomic E-state index is 8.81. The zero-order valence-electron chi connectivity index (χ0n) is 8.21. The summed E-state index contributed by atoms with van der Waals surface area (Å²) in [4.78, 5) is 0. The second kappa shape index (κ2) is 9.58. The van der Waals surface area contributed by atoms with E-state index in [1.807, 2.05) is 0 Å². The Bertz CT molecular complexity index is 134. The van der Waals surface area contributed by atoms with Gasteiger partial charge in [0.2, 0.25) is 0 Å². The molecule has 0 aromatic carbocycles. The molecular formula is C9H20OS4. The first-order valence-electron chi connectivity index (χ1n) is 4.84. The summed E-state index contributed by atoms with van der Waals surface area (Å²) in [6.45, 7) is 0.197. The van der Waals surface area contributed by atoms with Gasteiger partial charge in [-0.15, -0.1) is 0 Å². The minimum Gasteiger partial charge on any atom is -0.396 e. The highest BCUT2D eigenvalue weighted by Crippen LogP contribution is 2.24. The predicted octanol–water partition coefficient (Wildman–Crippen LogP) is 2.22. The van der Waals surface area contributed by atoms with Crippen molar-refractivity contribution >= 4 is 50.5 Å². The first kappa shape index (κ1) is 15.4. The molecule has 5 heteroatoms. The van der Waals surface area contributed by atoms with Gasteiger partial charge in [0.05, 0.1) is 0 Å². The van der Waals surface area contributed by atoms with E-state index in [0.717, 1.165) is 30.8 Å². The Kier molecular flexibility index (Phi) is 10.5. The van der Waals surface area contributed by atoms with E-state index < -0.39 is 0 Å². The average Bonchev–Trinajstić information content (AvgIpc) is 2.15. The van der Waals surface area contributed by atoms with Gasteiger partial charge in [-0.25, -0.2) is 0 Å². The second-order valence-electron chi connectivity index (χ2n) is 3.42. The van der Waals surface area contributed by atoms with Crippen molar-refractivity contribution in [3.8, 4) is 0 Å². The molecule has 0 aromatic heterocycles. The number of hydrogen-bond acceptors (Lipinski definition) is 5. The van der Waals surface area contributed by atoms with E-state index in [0.29, 0.717) is 11.2 Å². The van der Waals surface area contributed by atoms with Crippen LogP contribution >= 0.6 is 50.5 Å². The Morgan fingerprint density at radius 1 is 1.07 bits per heavy atom. The zero-order chi connectivity index (χ0) is 11.0. The molecule has 0 radical (unpaired) electrons. The van der Waals surface area contributed by atoms with Gasteiger partial charge in [0.25, 0.3) is 0 Å². The van der Waals surface area contributed by atoms with Crippen molar-refractivity contribution in [2.24, 2.45) is 5.92 Å². The van der Waals surface area contributed by atoms with Gasteiger partial charge in [0.15, 0.2) is 0 Å². The molecule has 0 bridgehead atoms. The summed E-state index contributed by atoms with van der Waals surface area (Å²) >= 11 is 17.4. The van der Waals surface area contributed by atoms with Gasteiger partial charge < -0.3 is 5.11 Å². The minimum atomic E-state index is 0.197. The molecule has 3 unspecified atom stereocenters. The third kappa shape index (κ3) is 6.77. The summed E-state index contributed by atoms with van der Waals surface area (Å²) < 4.78 is 0. The molecule has 1 nitrogen and oxygen atoms in total. The van der Waals surface area contributed by atoms with Crippen LogP contribution in [0.3, 0.4) is 0 Å². The summed E-state index contributed by atoms with van der Waals surface area (Å²) in [6.07, 6.45) is 2.74. The summed E-state index contributed by atoms with van der Waals surface area (Å²) in [7, 11) is 0. The van der Waals surface area contributed by atoms with Crippen LogP contribution in [-0.2, 0) is 0 Å². The van der Waals surface area contributed by atoms with Crippen molar-refractivity contribution in [3.05, 3.63) is 0 Å². The van der Waals surface area contributed by atoms with Crippen LogP contribution in [-0.4, -0.2) is 33.7 Å². The van der Waals surface area contributed by atoms with Crippen LogP contribution in [0.15, 0.2) is 0 Å². The van der Waals surface area contributed by atoms with Gasteiger partial charge in [-0.2, -0.15) is 50.5 Å². The minimum absolute atomic E-state index is 0.197. The summed E-state index contributed by atoms with van der Waals surface area (Å²) in [6, 6.07) is 0. The highest BCUT2D eigenvalue weighted by molar-refractivity contribution is 7.82. The molecule has 3 atom stereocenters. The van der Waals surface area contributed by atoms with Gasteiger partial charge in [0.1, 0.15) is 0 Å². The van der Waals surface area contributed by atoms with E-state index in [-0.39, 0.29) is 11.9 Å². The molecule has 0 saturated carbocycles. The van der Waals surface area contributed by atoms with Crippen molar-refractivity contribution in [2.45, 2.75) is 29.8 Å². The van der Waals surface area contributed by atoms with Gasteiger partial charge in [0, 0.05) is 17.1 Å². The predicted molar refractivity (Wildman–Crippen MR) is 77.7 cm³/mol. The Hall–Kier alpha value is 1.36. The lowest BCUT2D eigenvalue weighted by Crippen LogP contribution is -2.22. The molecule has 0 aliphatic heterocycles. The van der Waals surface area contributed by atoms with Crippen LogP contribution < -0.4 is 0 Å². The molecule has 1 N–H and O–H groups in total. The lowest BCUT2D eigenvalue weighted by atomic mass is 9.98. The molecule has 0 fully saturated rings. The number of rotatable bonds is 8. The lowest BCUT2D eigenvalue weighted by Gasteiger charge is -2.23. The average molecular weight is 273 g/mol. The highest BCUT2D eigenvalue weighted by atomic mass is 32.1. The SMILES string of the molecule is OCCC(S)C(CS)CC(S)CCS. The lowest BCUT2D eigenvalue weighted by molar-refractivity contribution is 0.276. The molecule has 14 heavy (non-hydrogen) atoms. The summed E-state index contributed by atoms with van der Waals surface area (Å²) in [5.74, 6) is 2.10. The Morgan fingerprint density at radius 2 is 1.71 bits per heavy atom. The smallest absolute Gasteiger partial charge is 0.0441 e. The second-order valence-corrected chi connectivity index (χ2v) is 5.63. The topological polar surface area (TPSA) is 20.2 Å².